The molecule has 1 aliphatic heterocycles. The molecule has 7 heteroatoms. The molecule has 1 heterocycles. The first-order valence-electron chi connectivity index (χ1n) is 7.87. The smallest absolute Gasteiger partial charge is 0.410 e. The van der Waals surface area contributed by atoms with Gasteiger partial charge in [0.05, 0.1) is 18.7 Å². The van der Waals surface area contributed by atoms with Crippen molar-refractivity contribution in [3.63, 3.8) is 0 Å². The average molecular weight is 330 g/mol. The van der Waals surface area contributed by atoms with E-state index in [0.717, 1.165) is 0 Å². The van der Waals surface area contributed by atoms with Crippen molar-refractivity contribution in [2.24, 2.45) is 0 Å². The van der Waals surface area contributed by atoms with Gasteiger partial charge >= 0.3 is 12.2 Å². The van der Waals surface area contributed by atoms with Crippen molar-refractivity contribution in [1.82, 2.24) is 9.80 Å². The van der Waals surface area contributed by atoms with Crippen molar-refractivity contribution in [3.8, 4) is 0 Å². The zero-order valence-electron chi connectivity index (χ0n) is 15.3. The summed E-state index contributed by atoms with van der Waals surface area (Å²) in [6.07, 6.45) is -0.993. The van der Waals surface area contributed by atoms with Crippen molar-refractivity contribution in [1.29, 1.82) is 0 Å². The van der Waals surface area contributed by atoms with E-state index in [1.54, 1.807) is 48.5 Å². The quantitative estimate of drug-likeness (QED) is 0.737. The number of rotatable bonds is 0. The molecule has 0 aliphatic carbocycles. The van der Waals surface area contributed by atoms with Gasteiger partial charge in [-0.25, -0.2) is 9.59 Å². The highest BCUT2D eigenvalue weighted by molar-refractivity contribution is 5.70. The van der Waals surface area contributed by atoms with Crippen LogP contribution < -0.4 is 0 Å². The first-order valence-corrected chi connectivity index (χ1v) is 7.87. The molecule has 0 aromatic rings. The van der Waals surface area contributed by atoms with E-state index in [9.17, 15) is 14.7 Å². The highest BCUT2D eigenvalue weighted by Gasteiger charge is 2.37. The SMILES string of the molecule is CC1(O)CN(C(=O)OC(C)(C)C)CCN(C(=O)OC(C)(C)C)C1. The predicted octanol–water partition coefficient (Wildman–Crippen LogP) is 2.23. The number of ether oxygens (including phenoxy) is 2. The van der Waals surface area contributed by atoms with Gasteiger partial charge in [-0.15, -0.1) is 0 Å². The molecule has 0 unspecified atom stereocenters. The molecular formula is C16H30N2O5. The summed E-state index contributed by atoms with van der Waals surface area (Å²) in [5.41, 5.74) is -2.45. The third-order valence-electron chi connectivity index (χ3n) is 3.01. The number of carbonyl (C=O) groups is 2. The van der Waals surface area contributed by atoms with Crippen LogP contribution in [0.15, 0.2) is 0 Å². The van der Waals surface area contributed by atoms with E-state index >= 15 is 0 Å². The molecule has 0 saturated carbocycles. The van der Waals surface area contributed by atoms with Crippen molar-refractivity contribution in [3.05, 3.63) is 0 Å². The molecular weight excluding hydrogens is 300 g/mol. The number of carbonyl (C=O) groups excluding carboxylic acids is 2. The van der Waals surface area contributed by atoms with Crippen LogP contribution in [-0.4, -0.2) is 70.1 Å². The lowest BCUT2D eigenvalue weighted by Crippen LogP contribution is -2.48. The highest BCUT2D eigenvalue weighted by atomic mass is 16.6. The van der Waals surface area contributed by atoms with Crippen LogP contribution in [0.5, 0.6) is 0 Å². The molecule has 7 nitrogen and oxygen atoms in total. The molecule has 2 amide bonds. The molecule has 1 fully saturated rings. The maximum atomic E-state index is 12.2. The normalized spacial score (nSPS) is 19.1. The van der Waals surface area contributed by atoms with Crippen LogP contribution in [0.2, 0.25) is 0 Å². The van der Waals surface area contributed by atoms with Gasteiger partial charge in [0.2, 0.25) is 0 Å². The van der Waals surface area contributed by atoms with E-state index in [0.29, 0.717) is 0 Å². The van der Waals surface area contributed by atoms with Crippen LogP contribution in [0.25, 0.3) is 0 Å². The number of aliphatic hydroxyl groups is 1. The van der Waals surface area contributed by atoms with E-state index in [4.69, 9.17) is 9.47 Å². The van der Waals surface area contributed by atoms with E-state index in [2.05, 4.69) is 0 Å². The summed E-state index contributed by atoms with van der Waals surface area (Å²) in [5, 5.41) is 10.5. The van der Waals surface area contributed by atoms with Gasteiger partial charge in [0.15, 0.2) is 0 Å². The van der Waals surface area contributed by atoms with Crippen LogP contribution in [0, 0.1) is 0 Å². The summed E-state index contributed by atoms with van der Waals surface area (Å²) in [6, 6.07) is 0. The van der Waals surface area contributed by atoms with Crippen LogP contribution in [0.1, 0.15) is 48.5 Å². The lowest BCUT2D eigenvalue weighted by atomic mass is 10.1. The number of amides is 2. The van der Waals surface area contributed by atoms with Gasteiger partial charge in [0, 0.05) is 13.1 Å². The van der Waals surface area contributed by atoms with Crippen molar-refractivity contribution >= 4 is 12.2 Å². The Hall–Kier alpha value is -1.50. The number of nitrogens with zero attached hydrogens (tertiary/aromatic N) is 2. The Morgan fingerprint density at radius 1 is 0.870 bits per heavy atom. The average Bonchev–Trinajstić information content (AvgIpc) is 2.43. The first-order chi connectivity index (χ1) is 10.2. The molecule has 0 bridgehead atoms. The molecule has 1 N–H and O–H groups in total. The Morgan fingerprint density at radius 3 is 1.43 bits per heavy atom. The standard InChI is InChI=1S/C16H30N2O5/c1-14(2,3)22-12(19)17-8-9-18(11-16(7,21)10-17)13(20)23-15(4,5)6/h21H,8-11H2,1-7H3. The lowest BCUT2D eigenvalue weighted by molar-refractivity contribution is -0.0139. The largest absolute Gasteiger partial charge is 0.444 e. The van der Waals surface area contributed by atoms with Crippen molar-refractivity contribution in [2.75, 3.05) is 26.2 Å². The topological polar surface area (TPSA) is 79.3 Å². The van der Waals surface area contributed by atoms with Crippen LogP contribution >= 0.6 is 0 Å². The fourth-order valence-electron chi connectivity index (χ4n) is 2.24. The Labute approximate surface area is 138 Å². The van der Waals surface area contributed by atoms with Gasteiger partial charge in [-0.2, -0.15) is 0 Å². The molecule has 0 spiro atoms. The van der Waals surface area contributed by atoms with Crippen molar-refractivity contribution < 1.29 is 24.2 Å². The maximum absolute atomic E-state index is 12.2. The summed E-state index contributed by atoms with van der Waals surface area (Å²) < 4.78 is 10.7. The second-order valence-electron chi connectivity index (χ2n) is 8.30. The predicted molar refractivity (Wildman–Crippen MR) is 86.2 cm³/mol. The molecule has 0 aromatic heterocycles. The summed E-state index contributed by atoms with van der Waals surface area (Å²) in [4.78, 5) is 27.3. The summed E-state index contributed by atoms with van der Waals surface area (Å²) in [5.74, 6) is 0. The minimum Gasteiger partial charge on any atom is -0.444 e. The Bertz CT molecular complexity index is 408. The monoisotopic (exact) mass is 330 g/mol. The molecule has 1 aliphatic rings. The zero-order valence-corrected chi connectivity index (χ0v) is 15.3. The fraction of sp³-hybridized carbons (Fsp3) is 0.875. The van der Waals surface area contributed by atoms with Gasteiger partial charge in [0.1, 0.15) is 11.2 Å². The van der Waals surface area contributed by atoms with Gasteiger partial charge in [-0.1, -0.05) is 0 Å². The van der Waals surface area contributed by atoms with E-state index in [-0.39, 0.29) is 26.2 Å². The molecule has 1 saturated heterocycles. The van der Waals surface area contributed by atoms with E-state index < -0.39 is 29.0 Å². The summed E-state index contributed by atoms with van der Waals surface area (Å²) in [7, 11) is 0. The molecule has 0 aromatic carbocycles. The van der Waals surface area contributed by atoms with Gasteiger partial charge in [-0.3, -0.25) is 0 Å². The van der Waals surface area contributed by atoms with Gasteiger partial charge in [0.25, 0.3) is 0 Å². The summed E-state index contributed by atoms with van der Waals surface area (Å²) >= 11 is 0. The first kappa shape index (κ1) is 19.5. The Balaban J connectivity index is 2.80. The Morgan fingerprint density at radius 2 is 1.17 bits per heavy atom. The Kier molecular flexibility index (Phi) is 5.57. The second kappa shape index (κ2) is 6.55. The van der Waals surface area contributed by atoms with Crippen LogP contribution in [-0.2, 0) is 9.47 Å². The molecule has 134 valence electrons. The second-order valence-corrected chi connectivity index (χ2v) is 8.30. The maximum Gasteiger partial charge on any atom is 0.410 e. The fourth-order valence-corrected chi connectivity index (χ4v) is 2.24. The third kappa shape index (κ3) is 7.07. The van der Waals surface area contributed by atoms with E-state index in [1.807, 2.05) is 0 Å². The molecule has 23 heavy (non-hydrogen) atoms. The van der Waals surface area contributed by atoms with Crippen LogP contribution in [0.4, 0.5) is 9.59 Å². The molecule has 0 radical (unpaired) electrons. The molecule has 1 rings (SSSR count). The third-order valence-corrected chi connectivity index (χ3v) is 3.01. The lowest BCUT2D eigenvalue weighted by Gasteiger charge is -2.31. The minimum atomic E-state index is -1.23. The van der Waals surface area contributed by atoms with E-state index in [1.165, 1.54) is 9.80 Å². The number of β-amino-alcohol motifs (C(OH)–C–C–N with tert-alkyl or cyclic N) is 1. The molecule has 0 atom stereocenters. The number of hydrogen-bond acceptors (Lipinski definition) is 5. The van der Waals surface area contributed by atoms with Gasteiger partial charge in [-0.05, 0) is 48.5 Å². The van der Waals surface area contributed by atoms with Gasteiger partial charge < -0.3 is 24.4 Å². The summed E-state index contributed by atoms with van der Waals surface area (Å²) in [6.45, 7) is 13.1. The number of hydrogen-bond donors (Lipinski definition) is 1. The van der Waals surface area contributed by atoms with Crippen molar-refractivity contribution in [2.45, 2.75) is 65.3 Å². The van der Waals surface area contributed by atoms with Crippen LogP contribution in [0.3, 0.4) is 0 Å². The highest BCUT2D eigenvalue weighted by Crippen LogP contribution is 2.19. The zero-order chi connectivity index (χ0) is 18.1. The minimum absolute atomic E-state index is 0.0984.